The Morgan fingerprint density at radius 3 is 2.62 bits per heavy atom. The van der Waals surface area contributed by atoms with E-state index in [0.29, 0.717) is 30.0 Å². The number of nitrogens with one attached hydrogen (secondary N) is 1. The van der Waals surface area contributed by atoms with Gasteiger partial charge in [0.15, 0.2) is 0 Å². The highest BCUT2D eigenvalue weighted by Gasteiger charge is 2.11. The number of hydrogen-bond acceptors (Lipinski definition) is 5. The van der Waals surface area contributed by atoms with Crippen molar-refractivity contribution in [3.8, 4) is 11.5 Å². The van der Waals surface area contributed by atoms with E-state index in [1.165, 1.54) is 6.07 Å². The van der Waals surface area contributed by atoms with E-state index in [-0.39, 0.29) is 11.4 Å². The molecule has 2 aromatic rings. The smallest absolute Gasteiger partial charge is 0.273 e. The second kappa shape index (κ2) is 6.71. The molecule has 6 nitrogen and oxygen atoms in total. The molecule has 0 amide bonds. The molecule has 0 spiro atoms. The van der Waals surface area contributed by atoms with E-state index in [9.17, 15) is 15.2 Å². The van der Waals surface area contributed by atoms with Gasteiger partial charge in [-0.2, -0.15) is 0 Å². The zero-order valence-electron chi connectivity index (χ0n) is 11.6. The maximum atomic E-state index is 10.9. The van der Waals surface area contributed by atoms with Crippen LogP contribution in [0, 0.1) is 10.1 Å². The summed E-state index contributed by atoms with van der Waals surface area (Å²) in [6.07, 6.45) is 0. The van der Waals surface area contributed by atoms with E-state index in [1.807, 2.05) is 0 Å². The normalized spacial score (nSPS) is 10.3. The van der Waals surface area contributed by atoms with Gasteiger partial charge < -0.3 is 15.2 Å². The van der Waals surface area contributed by atoms with Crippen molar-refractivity contribution < 1.29 is 14.8 Å². The number of nitrogens with zero attached hydrogens (tertiary/aromatic N) is 1. The summed E-state index contributed by atoms with van der Waals surface area (Å²) in [5.41, 5.74) is 1.36. The number of methoxy groups -OCH3 is 1. The Morgan fingerprint density at radius 2 is 1.90 bits per heavy atom. The molecule has 0 aromatic heterocycles. The quantitative estimate of drug-likeness (QED) is 0.630. The first-order valence-corrected chi connectivity index (χ1v) is 6.40. The van der Waals surface area contributed by atoms with E-state index in [2.05, 4.69) is 5.32 Å². The van der Waals surface area contributed by atoms with Crippen LogP contribution in [0.5, 0.6) is 11.5 Å². The fraction of sp³-hybridized carbons (Fsp3) is 0.200. The fourth-order valence-corrected chi connectivity index (χ4v) is 2.00. The Kier molecular flexibility index (Phi) is 4.73. The second-order valence-electron chi connectivity index (χ2n) is 4.48. The molecule has 21 heavy (non-hydrogen) atoms. The molecular weight excluding hydrogens is 272 g/mol. The van der Waals surface area contributed by atoms with E-state index in [1.54, 1.807) is 43.5 Å². The van der Waals surface area contributed by atoms with Gasteiger partial charge in [0.1, 0.15) is 11.5 Å². The van der Waals surface area contributed by atoms with Crippen molar-refractivity contribution in [1.82, 2.24) is 5.32 Å². The number of nitro benzene ring substituents is 1. The Morgan fingerprint density at radius 1 is 1.19 bits per heavy atom. The molecule has 0 aliphatic heterocycles. The van der Waals surface area contributed by atoms with Crippen LogP contribution in [0.3, 0.4) is 0 Å². The zero-order valence-corrected chi connectivity index (χ0v) is 11.6. The number of para-hydroxylation sites is 1. The topological polar surface area (TPSA) is 84.6 Å². The summed E-state index contributed by atoms with van der Waals surface area (Å²) in [6.45, 7) is 0.725. The molecule has 0 heterocycles. The van der Waals surface area contributed by atoms with Crippen molar-refractivity contribution in [2.75, 3.05) is 7.11 Å². The van der Waals surface area contributed by atoms with E-state index in [0.717, 1.165) is 0 Å². The van der Waals surface area contributed by atoms with E-state index in [4.69, 9.17) is 4.74 Å². The lowest BCUT2D eigenvalue weighted by atomic mass is 10.1. The molecule has 0 aliphatic carbocycles. The monoisotopic (exact) mass is 288 g/mol. The Labute approximate surface area is 122 Å². The van der Waals surface area contributed by atoms with E-state index >= 15 is 0 Å². The largest absolute Gasteiger partial charge is 0.508 e. The molecule has 0 unspecified atom stereocenters. The molecule has 0 radical (unpaired) electrons. The number of rotatable bonds is 6. The van der Waals surface area contributed by atoms with Crippen molar-refractivity contribution in [3.05, 3.63) is 63.7 Å². The lowest BCUT2D eigenvalue weighted by molar-refractivity contribution is -0.385. The van der Waals surface area contributed by atoms with Gasteiger partial charge in [-0.25, -0.2) is 0 Å². The molecular formula is C15H16N2O4. The van der Waals surface area contributed by atoms with Crippen LogP contribution in [-0.4, -0.2) is 17.1 Å². The number of phenols is 1. The summed E-state index contributed by atoms with van der Waals surface area (Å²) in [6, 6.07) is 11.5. The molecule has 0 bridgehead atoms. The Bertz CT molecular complexity index is 643. The second-order valence-corrected chi connectivity index (χ2v) is 4.48. The van der Waals surface area contributed by atoms with Crippen LogP contribution in [0.15, 0.2) is 42.5 Å². The molecule has 110 valence electrons. The average molecular weight is 288 g/mol. The Hall–Kier alpha value is -2.60. The number of phenolic OH excluding ortho intramolecular Hbond substituents is 1. The van der Waals surface area contributed by atoms with Crippen LogP contribution in [0.1, 0.15) is 11.1 Å². The molecule has 6 heteroatoms. The van der Waals surface area contributed by atoms with Gasteiger partial charge in [-0.05, 0) is 18.2 Å². The minimum Gasteiger partial charge on any atom is -0.508 e. The Balaban J connectivity index is 2.03. The van der Waals surface area contributed by atoms with Crippen LogP contribution in [-0.2, 0) is 13.1 Å². The van der Waals surface area contributed by atoms with Crippen molar-refractivity contribution in [2.45, 2.75) is 13.1 Å². The summed E-state index contributed by atoms with van der Waals surface area (Å²) in [4.78, 5) is 10.5. The number of hydrogen-bond donors (Lipinski definition) is 2. The van der Waals surface area contributed by atoms with Gasteiger partial charge in [-0.15, -0.1) is 0 Å². The molecule has 0 atom stereocenters. The summed E-state index contributed by atoms with van der Waals surface area (Å²) in [5.74, 6) is 0.807. The van der Waals surface area contributed by atoms with Gasteiger partial charge in [0, 0.05) is 30.3 Å². The molecule has 0 aliphatic rings. The van der Waals surface area contributed by atoms with Crippen LogP contribution in [0.25, 0.3) is 0 Å². The predicted octanol–water partition coefficient (Wildman–Crippen LogP) is 2.60. The SMILES string of the molecule is COc1ccc(O)c(CNCc2ccccc2[N+](=O)[O-])c1. The lowest BCUT2D eigenvalue weighted by Crippen LogP contribution is -2.14. The number of aromatic hydroxyl groups is 1. The van der Waals surface area contributed by atoms with Crippen molar-refractivity contribution in [3.63, 3.8) is 0 Å². The van der Waals surface area contributed by atoms with Gasteiger partial charge in [-0.1, -0.05) is 18.2 Å². The zero-order chi connectivity index (χ0) is 15.2. The van der Waals surface area contributed by atoms with Crippen LogP contribution >= 0.6 is 0 Å². The van der Waals surface area contributed by atoms with Crippen LogP contribution in [0.2, 0.25) is 0 Å². The first-order chi connectivity index (χ1) is 10.1. The van der Waals surface area contributed by atoms with Gasteiger partial charge in [0.2, 0.25) is 0 Å². The third-order valence-corrected chi connectivity index (χ3v) is 3.11. The average Bonchev–Trinajstić information content (AvgIpc) is 2.49. The minimum absolute atomic E-state index is 0.0832. The third kappa shape index (κ3) is 3.70. The third-order valence-electron chi connectivity index (χ3n) is 3.11. The van der Waals surface area contributed by atoms with Gasteiger partial charge in [-0.3, -0.25) is 10.1 Å². The van der Waals surface area contributed by atoms with E-state index < -0.39 is 4.92 Å². The molecule has 0 saturated heterocycles. The standard InChI is InChI=1S/C15H16N2O4/c1-21-13-6-7-15(18)12(8-13)10-16-9-11-4-2-3-5-14(11)17(19)20/h2-8,16,18H,9-10H2,1H3. The van der Waals surface area contributed by atoms with Gasteiger partial charge in [0.25, 0.3) is 5.69 Å². The maximum absolute atomic E-state index is 10.9. The van der Waals surface area contributed by atoms with Crippen molar-refractivity contribution in [1.29, 1.82) is 0 Å². The number of benzene rings is 2. The molecule has 0 fully saturated rings. The lowest BCUT2D eigenvalue weighted by Gasteiger charge is -2.09. The molecule has 2 rings (SSSR count). The summed E-state index contributed by atoms with van der Waals surface area (Å²) < 4.78 is 5.10. The van der Waals surface area contributed by atoms with Crippen LogP contribution < -0.4 is 10.1 Å². The number of ether oxygens (including phenoxy) is 1. The first-order valence-electron chi connectivity index (χ1n) is 6.40. The van der Waals surface area contributed by atoms with Crippen molar-refractivity contribution >= 4 is 5.69 Å². The molecule has 0 saturated carbocycles. The first kappa shape index (κ1) is 14.8. The van der Waals surface area contributed by atoms with Crippen LogP contribution in [0.4, 0.5) is 5.69 Å². The summed E-state index contributed by atoms with van der Waals surface area (Å²) in [7, 11) is 1.55. The highest BCUT2D eigenvalue weighted by atomic mass is 16.6. The highest BCUT2D eigenvalue weighted by Crippen LogP contribution is 2.23. The fourth-order valence-electron chi connectivity index (χ4n) is 2.00. The highest BCUT2D eigenvalue weighted by molar-refractivity contribution is 5.41. The molecule has 2 aromatic carbocycles. The predicted molar refractivity (Wildman–Crippen MR) is 78.3 cm³/mol. The maximum Gasteiger partial charge on any atom is 0.273 e. The summed E-state index contributed by atoms with van der Waals surface area (Å²) >= 11 is 0. The van der Waals surface area contributed by atoms with Crippen molar-refractivity contribution in [2.24, 2.45) is 0 Å². The molecule has 2 N–H and O–H groups in total. The van der Waals surface area contributed by atoms with Gasteiger partial charge >= 0.3 is 0 Å². The summed E-state index contributed by atoms with van der Waals surface area (Å²) in [5, 5.41) is 23.8. The minimum atomic E-state index is -0.403. The number of nitro groups is 1. The van der Waals surface area contributed by atoms with Gasteiger partial charge in [0.05, 0.1) is 12.0 Å².